The molecule has 1 aromatic heterocycles. The molecule has 1 saturated heterocycles. The largest absolute Gasteiger partial charge is 0.396 e. The van der Waals surface area contributed by atoms with Gasteiger partial charge < -0.3 is 10.0 Å². The summed E-state index contributed by atoms with van der Waals surface area (Å²) in [5.74, 6) is 0.0936. The minimum Gasteiger partial charge on any atom is -0.396 e. The van der Waals surface area contributed by atoms with E-state index in [1.165, 1.54) is 0 Å². The molecule has 116 valence electrons. The van der Waals surface area contributed by atoms with Crippen molar-refractivity contribution in [2.45, 2.75) is 6.42 Å². The average molecular weight is 309 g/mol. The standard InChI is InChI=1S/C17H15N3O3/c21-10-11-7-17(22)20(9-11)14-4-1-12(2-5-14)13-3-6-15-16(8-13)19-23-18-15/h1-6,8,11,21H,7,9-10H2. The number of carbonyl (C=O) groups is 1. The van der Waals surface area contributed by atoms with E-state index in [9.17, 15) is 9.90 Å². The van der Waals surface area contributed by atoms with Crippen molar-refractivity contribution in [2.75, 3.05) is 18.1 Å². The molecule has 1 fully saturated rings. The van der Waals surface area contributed by atoms with E-state index in [1.54, 1.807) is 4.90 Å². The van der Waals surface area contributed by atoms with Crippen molar-refractivity contribution in [3.63, 3.8) is 0 Å². The average Bonchev–Trinajstić information content (AvgIpc) is 3.20. The summed E-state index contributed by atoms with van der Waals surface area (Å²) in [6, 6.07) is 13.6. The number of anilines is 1. The Hall–Kier alpha value is -2.73. The lowest BCUT2D eigenvalue weighted by molar-refractivity contribution is -0.117. The van der Waals surface area contributed by atoms with Gasteiger partial charge in [-0.15, -0.1) is 0 Å². The first-order chi connectivity index (χ1) is 11.2. The lowest BCUT2D eigenvalue weighted by Gasteiger charge is -2.17. The molecule has 6 heteroatoms. The summed E-state index contributed by atoms with van der Waals surface area (Å²) in [6.07, 6.45) is 0.411. The number of carbonyl (C=O) groups excluding carboxylic acids is 1. The van der Waals surface area contributed by atoms with Crippen molar-refractivity contribution >= 4 is 22.6 Å². The Balaban J connectivity index is 1.61. The second kappa shape index (κ2) is 5.48. The molecule has 0 saturated carbocycles. The number of hydrogen-bond donors (Lipinski definition) is 1. The molecule has 1 aliphatic heterocycles. The summed E-state index contributed by atoms with van der Waals surface area (Å²) in [6.45, 7) is 0.622. The fourth-order valence-electron chi connectivity index (χ4n) is 2.95. The number of hydrogen-bond acceptors (Lipinski definition) is 5. The Morgan fingerprint density at radius 3 is 2.57 bits per heavy atom. The van der Waals surface area contributed by atoms with Crippen LogP contribution in [0.2, 0.25) is 0 Å². The highest BCUT2D eigenvalue weighted by atomic mass is 16.6. The summed E-state index contributed by atoms with van der Waals surface area (Å²) in [7, 11) is 0. The molecule has 1 aliphatic rings. The van der Waals surface area contributed by atoms with Crippen molar-refractivity contribution in [1.29, 1.82) is 0 Å². The summed E-state index contributed by atoms with van der Waals surface area (Å²) in [5.41, 5.74) is 4.35. The van der Waals surface area contributed by atoms with Crippen molar-refractivity contribution in [3.05, 3.63) is 42.5 Å². The molecule has 4 rings (SSSR count). The van der Waals surface area contributed by atoms with E-state index in [1.807, 2.05) is 42.5 Å². The van der Waals surface area contributed by atoms with Gasteiger partial charge in [-0.05, 0) is 45.7 Å². The molecular weight excluding hydrogens is 294 g/mol. The zero-order valence-electron chi connectivity index (χ0n) is 12.3. The molecule has 3 aromatic rings. The summed E-state index contributed by atoms with van der Waals surface area (Å²) >= 11 is 0. The van der Waals surface area contributed by atoms with E-state index in [2.05, 4.69) is 10.3 Å². The van der Waals surface area contributed by atoms with Crippen LogP contribution in [-0.2, 0) is 4.79 Å². The number of aromatic nitrogens is 2. The monoisotopic (exact) mass is 309 g/mol. The zero-order chi connectivity index (χ0) is 15.8. The third-order valence-corrected chi connectivity index (χ3v) is 4.23. The molecule has 0 aliphatic carbocycles. The summed E-state index contributed by atoms with van der Waals surface area (Å²) in [5, 5.41) is 16.9. The normalized spacial score (nSPS) is 18.0. The van der Waals surface area contributed by atoms with Crippen molar-refractivity contribution in [2.24, 2.45) is 5.92 Å². The molecule has 2 heterocycles. The molecule has 1 unspecified atom stereocenters. The molecule has 0 spiro atoms. The van der Waals surface area contributed by atoms with Crippen LogP contribution in [0.5, 0.6) is 0 Å². The van der Waals surface area contributed by atoms with E-state index in [0.29, 0.717) is 18.5 Å². The van der Waals surface area contributed by atoms with Gasteiger partial charge in [0.15, 0.2) is 0 Å². The highest BCUT2D eigenvalue weighted by Gasteiger charge is 2.29. The number of fused-ring (bicyclic) bond motifs is 1. The Labute approximate surface area is 132 Å². The highest BCUT2D eigenvalue weighted by Crippen LogP contribution is 2.28. The lowest BCUT2D eigenvalue weighted by atomic mass is 10.0. The zero-order valence-corrected chi connectivity index (χ0v) is 12.3. The van der Waals surface area contributed by atoms with Crippen LogP contribution >= 0.6 is 0 Å². The molecule has 1 N–H and O–H groups in total. The first-order valence-electron chi connectivity index (χ1n) is 7.48. The van der Waals surface area contributed by atoms with Gasteiger partial charge in [0.2, 0.25) is 5.91 Å². The number of benzene rings is 2. The Kier molecular flexibility index (Phi) is 3.31. The molecule has 1 amide bonds. The fourth-order valence-corrected chi connectivity index (χ4v) is 2.95. The molecule has 6 nitrogen and oxygen atoms in total. The molecule has 0 radical (unpaired) electrons. The van der Waals surface area contributed by atoms with Gasteiger partial charge in [0.25, 0.3) is 0 Å². The van der Waals surface area contributed by atoms with Crippen LogP contribution in [0.1, 0.15) is 6.42 Å². The van der Waals surface area contributed by atoms with Gasteiger partial charge in [-0.25, -0.2) is 4.63 Å². The van der Waals surface area contributed by atoms with Gasteiger partial charge in [0, 0.05) is 31.2 Å². The number of aliphatic hydroxyl groups is 1. The Morgan fingerprint density at radius 2 is 1.83 bits per heavy atom. The predicted molar refractivity (Wildman–Crippen MR) is 84.8 cm³/mol. The molecule has 0 bridgehead atoms. The molecule has 2 aromatic carbocycles. The molecule has 1 atom stereocenters. The Morgan fingerprint density at radius 1 is 1.09 bits per heavy atom. The van der Waals surface area contributed by atoms with Crippen LogP contribution in [-0.4, -0.2) is 34.5 Å². The number of amides is 1. The minimum atomic E-state index is 0.0317. The van der Waals surface area contributed by atoms with Gasteiger partial charge in [-0.3, -0.25) is 4.79 Å². The fraction of sp³-hybridized carbons (Fsp3) is 0.235. The smallest absolute Gasteiger partial charge is 0.227 e. The van der Waals surface area contributed by atoms with E-state index in [0.717, 1.165) is 22.3 Å². The van der Waals surface area contributed by atoms with Crippen LogP contribution in [0.15, 0.2) is 47.1 Å². The van der Waals surface area contributed by atoms with Crippen molar-refractivity contribution < 1.29 is 14.5 Å². The maximum atomic E-state index is 12.0. The third kappa shape index (κ3) is 2.47. The second-order valence-corrected chi connectivity index (χ2v) is 5.77. The SMILES string of the molecule is O=C1CC(CO)CN1c1ccc(-c2ccc3nonc3c2)cc1. The lowest BCUT2D eigenvalue weighted by Crippen LogP contribution is -2.24. The van der Waals surface area contributed by atoms with Crippen LogP contribution in [0.25, 0.3) is 22.2 Å². The van der Waals surface area contributed by atoms with Gasteiger partial charge in [-0.1, -0.05) is 18.2 Å². The maximum absolute atomic E-state index is 12.0. The van der Waals surface area contributed by atoms with Crippen LogP contribution in [0.4, 0.5) is 5.69 Å². The first-order valence-corrected chi connectivity index (χ1v) is 7.48. The summed E-state index contributed by atoms with van der Waals surface area (Å²) < 4.78 is 4.71. The third-order valence-electron chi connectivity index (χ3n) is 4.23. The molecular formula is C17H15N3O3. The second-order valence-electron chi connectivity index (χ2n) is 5.77. The van der Waals surface area contributed by atoms with E-state index in [-0.39, 0.29) is 18.4 Å². The minimum absolute atomic E-state index is 0.0317. The van der Waals surface area contributed by atoms with Gasteiger partial charge in [-0.2, -0.15) is 0 Å². The maximum Gasteiger partial charge on any atom is 0.227 e. The highest BCUT2D eigenvalue weighted by molar-refractivity contribution is 5.96. The van der Waals surface area contributed by atoms with Gasteiger partial charge >= 0.3 is 0 Å². The summed E-state index contributed by atoms with van der Waals surface area (Å²) in [4.78, 5) is 13.7. The van der Waals surface area contributed by atoms with Gasteiger partial charge in [0.05, 0.1) is 0 Å². The molecule has 23 heavy (non-hydrogen) atoms. The van der Waals surface area contributed by atoms with E-state index >= 15 is 0 Å². The number of rotatable bonds is 3. The van der Waals surface area contributed by atoms with Crippen LogP contribution in [0, 0.1) is 5.92 Å². The topological polar surface area (TPSA) is 79.5 Å². The number of nitrogens with zero attached hydrogens (tertiary/aromatic N) is 3. The predicted octanol–water partition coefficient (Wildman–Crippen LogP) is 2.24. The first kappa shape index (κ1) is 13.9. The van der Waals surface area contributed by atoms with Gasteiger partial charge in [0.1, 0.15) is 11.0 Å². The van der Waals surface area contributed by atoms with Crippen LogP contribution < -0.4 is 4.90 Å². The van der Waals surface area contributed by atoms with Crippen LogP contribution in [0.3, 0.4) is 0 Å². The van der Waals surface area contributed by atoms with Crippen molar-refractivity contribution in [3.8, 4) is 11.1 Å². The van der Waals surface area contributed by atoms with Crippen molar-refractivity contribution in [1.82, 2.24) is 10.3 Å². The van der Waals surface area contributed by atoms with E-state index < -0.39 is 0 Å². The quantitative estimate of drug-likeness (QED) is 0.802. The van der Waals surface area contributed by atoms with E-state index in [4.69, 9.17) is 4.63 Å². The Bertz CT molecular complexity index is 857. The number of aliphatic hydroxyl groups excluding tert-OH is 1.